The van der Waals surface area contributed by atoms with Gasteiger partial charge in [-0.2, -0.15) is 0 Å². The molecule has 0 bridgehead atoms. The van der Waals surface area contributed by atoms with Crippen LogP contribution >= 0.6 is 0 Å². The monoisotopic (exact) mass is 247 g/mol. The van der Waals surface area contributed by atoms with E-state index in [0.29, 0.717) is 13.2 Å². The molecule has 0 spiro atoms. The molecule has 1 aliphatic heterocycles. The summed E-state index contributed by atoms with van der Waals surface area (Å²) in [6, 6.07) is 7.57. The second kappa shape index (κ2) is 4.61. The van der Waals surface area contributed by atoms with E-state index in [0.717, 1.165) is 30.7 Å². The fourth-order valence-corrected chi connectivity index (χ4v) is 2.83. The lowest BCUT2D eigenvalue weighted by Gasteiger charge is -2.32. The van der Waals surface area contributed by atoms with E-state index in [1.807, 2.05) is 24.3 Å². The molecular formula is C14H17NO3. The van der Waals surface area contributed by atoms with Crippen LogP contribution in [0, 0.1) is 5.92 Å². The van der Waals surface area contributed by atoms with Crippen LogP contribution in [0.2, 0.25) is 0 Å². The summed E-state index contributed by atoms with van der Waals surface area (Å²) in [5, 5.41) is 9.86. The van der Waals surface area contributed by atoms with E-state index in [9.17, 15) is 9.90 Å². The number of fused-ring (bicyclic) bond motifs is 1. The summed E-state index contributed by atoms with van der Waals surface area (Å²) in [5.74, 6) is 0.552. The third kappa shape index (κ3) is 1.86. The van der Waals surface area contributed by atoms with Gasteiger partial charge in [0.15, 0.2) is 0 Å². The molecule has 1 N–H and O–H groups in total. The minimum atomic E-state index is -0.479. The highest BCUT2D eigenvalue weighted by Gasteiger charge is 2.36. The average Bonchev–Trinajstić information content (AvgIpc) is 2.83. The van der Waals surface area contributed by atoms with Crippen molar-refractivity contribution in [2.45, 2.75) is 25.4 Å². The van der Waals surface area contributed by atoms with Crippen LogP contribution in [0.3, 0.4) is 0 Å². The predicted octanol–water partition coefficient (Wildman–Crippen LogP) is 1.57. The number of aliphatic hydroxyl groups excluding tert-OH is 1. The molecule has 1 saturated carbocycles. The highest BCUT2D eigenvalue weighted by molar-refractivity contribution is 5.97. The summed E-state index contributed by atoms with van der Waals surface area (Å²) in [4.78, 5) is 14.2. The first-order valence-corrected chi connectivity index (χ1v) is 6.48. The van der Waals surface area contributed by atoms with Crippen molar-refractivity contribution in [1.82, 2.24) is 0 Å². The zero-order valence-corrected chi connectivity index (χ0v) is 10.2. The van der Waals surface area contributed by atoms with Gasteiger partial charge >= 0.3 is 0 Å². The molecule has 4 nitrogen and oxygen atoms in total. The fourth-order valence-electron chi connectivity index (χ4n) is 2.83. The number of para-hydroxylation sites is 2. The van der Waals surface area contributed by atoms with Crippen molar-refractivity contribution in [2.24, 2.45) is 5.92 Å². The fraction of sp³-hybridized carbons (Fsp3) is 0.500. The first kappa shape index (κ1) is 11.5. The third-order valence-corrected chi connectivity index (χ3v) is 3.79. The van der Waals surface area contributed by atoms with Crippen molar-refractivity contribution >= 4 is 11.6 Å². The SMILES string of the molecule is O=C(C1CCCC1O)N1CCOc2ccccc21. The number of benzene rings is 1. The van der Waals surface area contributed by atoms with Crippen LogP contribution in [0.25, 0.3) is 0 Å². The molecule has 1 amide bonds. The maximum atomic E-state index is 12.5. The Morgan fingerprint density at radius 1 is 1.33 bits per heavy atom. The second-order valence-corrected chi connectivity index (χ2v) is 4.91. The lowest BCUT2D eigenvalue weighted by Crippen LogP contribution is -2.43. The highest BCUT2D eigenvalue weighted by Crippen LogP contribution is 2.35. The van der Waals surface area contributed by atoms with Gasteiger partial charge in [-0.15, -0.1) is 0 Å². The zero-order chi connectivity index (χ0) is 12.5. The maximum Gasteiger partial charge on any atom is 0.232 e. The Kier molecular flexibility index (Phi) is 2.96. The van der Waals surface area contributed by atoms with Crippen molar-refractivity contribution in [1.29, 1.82) is 0 Å². The number of carbonyl (C=O) groups excluding carboxylic acids is 1. The van der Waals surface area contributed by atoms with Crippen LogP contribution in [-0.2, 0) is 4.79 Å². The Balaban J connectivity index is 1.87. The largest absolute Gasteiger partial charge is 0.490 e. The van der Waals surface area contributed by atoms with Gasteiger partial charge in [0.05, 0.1) is 24.3 Å². The van der Waals surface area contributed by atoms with E-state index in [-0.39, 0.29) is 11.8 Å². The van der Waals surface area contributed by atoms with Gasteiger partial charge in [0.25, 0.3) is 0 Å². The number of nitrogens with zero attached hydrogens (tertiary/aromatic N) is 1. The first-order valence-electron chi connectivity index (χ1n) is 6.48. The zero-order valence-electron chi connectivity index (χ0n) is 10.2. The summed E-state index contributed by atoms with van der Waals surface area (Å²) in [7, 11) is 0. The number of amides is 1. The number of rotatable bonds is 1. The van der Waals surface area contributed by atoms with Crippen molar-refractivity contribution < 1.29 is 14.6 Å². The van der Waals surface area contributed by atoms with Crippen LogP contribution in [0.1, 0.15) is 19.3 Å². The second-order valence-electron chi connectivity index (χ2n) is 4.91. The smallest absolute Gasteiger partial charge is 0.232 e. The lowest BCUT2D eigenvalue weighted by atomic mass is 10.0. The number of anilines is 1. The molecule has 0 aromatic heterocycles. The molecule has 1 fully saturated rings. The van der Waals surface area contributed by atoms with Crippen LogP contribution in [0.5, 0.6) is 5.75 Å². The van der Waals surface area contributed by atoms with E-state index in [2.05, 4.69) is 0 Å². The maximum absolute atomic E-state index is 12.5. The van der Waals surface area contributed by atoms with Gasteiger partial charge < -0.3 is 14.7 Å². The van der Waals surface area contributed by atoms with Crippen LogP contribution in [0.4, 0.5) is 5.69 Å². The number of hydrogen-bond donors (Lipinski definition) is 1. The number of carbonyl (C=O) groups is 1. The minimum absolute atomic E-state index is 0.0377. The summed E-state index contributed by atoms with van der Waals surface area (Å²) >= 11 is 0. The first-order chi connectivity index (χ1) is 8.77. The van der Waals surface area contributed by atoms with Gasteiger partial charge in [-0.1, -0.05) is 12.1 Å². The van der Waals surface area contributed by atoms with Gasteiger partial charge in [-0.25, -0.2) is 0 Å². The topological polar surface area (TPSA) is 49.8 Å². The Morgan fingerprint density at radius 2 is 2.17 bits per heavy atom. The van der Waals surface area contributed by atoms with E-state index in [1.165, 1.54) is 0 Å². The van der Waals surface area contributed by atoms with Crippen molar-refractivity contribution in [2.75, 3.05) is 18.1 Å². The predicted molar refractivity (Wildman–Crippen MR) is 67.6 cm³/mol. The normalized spacial score (nSPS) is 26.6. The van der Waals surface area contributed by atoms with Gasteiger partial charge in [-0.3, -0.25) is 4.79 Å². The standard InChI is InChI=1S/C14H17NO3/c16-12-6-3-4-10(12)14(17)15-8-9-18-13-7-2-1-5-11(13)15/h1-2,5,7,10,12,16H,3-4,6,8-9H2. The Bertz CT molecular complexity index is 460. The van der Waals surface area contributed by atoms with E-state index < -0.39 is 6.10 Å². The number of aliphatic hydroxyl groups is 1. The molecule has 2 aliphatic rings. The van der Waals surface area contributed by atoms with Gasteiger partial charge in [0, 0.05) is 0 Å². The van der Waals surface area contributed by atoms with Crippen molar-refractivity contribution in [3.8, 4) is 5.75 Å². The summed E-state index contributed by atoms with van der Waals surface area (Å²) in [5.41, 5.74) is 0.827. The molecule has 18 heavy (non-hydrogen) atoms. The highest BCUT2D eigenvalue weighted by atomic mass is 16.5. The van der Waals surface area contributed by atoms with Crippen LogP contribution in [0.15, 0.2) is 24.3 Å². The summed E-state index contributed by atoms with van der Waals surface area (Å²) in [6.07, 6.45) is 1.98. The number of hydrogen-bond acceptors (Lipinski definition) is 3. The van der Waals surface area contributed by atoms with E-state index >= 15 is 0 Å². The summed E-state index contributed by atoms with van der Waals surface area (Å²) in [6.45, 7) is 1.09. The molecule has 1 aromatic carbocycles. The quantitative estimate of drug-likeness (QED) is 0.819. The Hall–Kier alpha value is -1.55. The number of ether oxygens (including phenoxy) is 1. The molecule has 1 heterocycles. The molecule has 3 rings (SSSR count). The molecule has 4 heteroatoms. The molecule has 2 unspecified atom stereocenters. The molecule has 0 saturated heterocycles. The van der Waals surface area contributed by atoms with Gasteiger partial charge in [0.1, 0.15) is 12.4 Å². The molecule has 0 radical (unpaired) electrons. The van der Waals surface area contributed by atoms with Crippen LogP contribution in [-0.4, -0.2) is 30.3 Å². The van der Waals surface area contributed by atoms with Gasteiger partial charge in [0.2, 0.25) is 5.91 Å². The molecular weight excluding hydrogens is 230 g/mol. The minimum Gasteiger partial charge on any atom is -0.490 e. The third-order valence-electron chi connectivity index (χ3n) is 3.79. The molecule has 2 atom stereocenters. The molecule has 1 aliphatic carbocycles. The Morgan fingerprint density at radius 3 is 2.94 bits per heavy atom. The lowest BCUT2D eigenvalue weighted by molar-refractivity contribution is -0.125. The van der Waals surface area contributed by atoms with E-state index in [4.69, 9.17) is 4.74 Å². The Labute approximate surface area is 106 Å². The molecule has 1 aromatic rings. The van der Waals surface area contributed by atoms with Crippen molar-refractivity contribution in [3.05, 3.63) is 24.3 Å². The summed E-state index contributed by atoms with van der Waals surface area (Å²) < 4.78 is 5.54. The van der Waals surface area contributed by atoms with Crippen LogP contribution < -0.4 is 9.64 Å². The van der Waals surface area contributed by atoms with E-state index in [1.54, 1.807) is 4.90 Å². The van der Waals surface area contributed by atoms with Gasteiger partial charge in [-0.05, 0) is 31.4 Å². The average molecular weight is 247 g/mol. The van der Waals surface area contributed by atoms with Crippen molar-refractivity contribution in [3.63, 3.8) is 0 Å². The molecule has 96 valence electrons.